The molecule has 0 spiro atoms. The highest BCUT2D eigenvalue weighted by molar-refractivity contribution is 7.87. The lowest BCUT2D eigenvalue weighted by Crippen LogP contribution is -2.22. The molecule has 0 unspecified atom stereocenters. The first-order valence-corrected chi connectivity index (χ1v) is 7.39. The summed E-state index contributed by atoms with van der Waals surface area (Å²) in [6.07, 6.45) is 0. The van der Waals surface area contributed by atoms with Crippen molar-refractivity contribution in [3.8, 4) is 0 Å². The summed E-state index contributed by atoms with van der Waals surface area (Å²) >= 11 is 0. The van der Waals surface area contributed by atoms with E-state index in [1.54, 1.807) is 24.3 Å². The number of fused-ring (bicyclic) bond motifs is 1. The van der Waals surface area contributed by atoms with E-state index in [9.17, 15) is 18.5 Å². The monoisotopic (exact) mass is 320 g/mol. The Balaban J connectivity index is 2.06. The Morgan fingerprint density at radius 2 is 1.77 bits per heavy atom. The molecule has 0 fully saturated rings. The fourth-order valence-corrected chi connectivity index (χ4v) is 2.88. The quantitative estimate of drug-likeness (QED) is 0.523. The molecular formula is C12H8N4O5S. The Bertz CT molecular complexity index is 966. The van der Waals surface area contributed by atoms with Crippen LogP contribution in [-0.4, -0.2) is 28.5 Å². The number of hydrogen-bond donors (Lipinski definition) is 0. The maximum absolute atomic E-state index is 12.3. The van der Waals surface area contributed by atoms with E-state index in [0.717, 1.165) is 12.1 Å². The van der Waals surface area contributed by atoms with Gasteiger partial charge < -0.3 is 0 Å². The topological polar surface area (TPSA) is 117 Å². The van der Waals surface area contributed by atoms with E-state index in [1.807, 2.05) is 0 Å². The number of nitro groups is 1. The summed E-state index contributed by atoms with van der Waals surface area (Å²) in [4.78, 5) is 10.3. The summed E-state index contributed by atoms with van der Waals surface area (Å²) < 4.78 is 29.3. The number of benzene rings is 2. The third-order valence-electron chi connectivity index (χ3n) is 2.82. The molecule has 0 saturated heterocycles. The Hall–Kier alpha value is -3.01. The van der Waals surface area contributed by atoms with Crippen molar-refractivity contribution in [3.05, 3.63) is 58.6 Å². The molecule has 3 aromatic rings. The summed E-state index contributed by atoms with van der Waals surface area (Å²) in [7, 11) is -4.43. The number of nitrogens with zero attached hydrogens (tertiary/aromatic N) is 4. The van der Waals surface area contributed by atoms with Gasteiger partial charge in [0.25, 0.3) is 5.69 Å². The van der Waals surface area contributed by atoms with Gasteiger partial charge in [-0.1, -0.05) is 29.1 Å². The zero-order valence-electron chi connectivity index (χ0n) is 10.9. The summed E-state index contributed by atoms with van der Waals surface area (Å²) in [5.41, 5.74) is 0.178. The molecule has 0 atom stereocenters. The van der Waals surface area contributed by atoms with Crippen molar-refractivity contribution in [2.75, 3.05) is 0 Å². The molecule has 0 aliphatic carbocycles. The summed E-state index contributed by atoms with van der Waals surface area (Å²) in [5, 5.41) is 18.3. The van der Waals surface area contributed by atoms with Crippen molar-refractivity contribution in [1.29, 1.82) is 0 Å². The van der Waals surface area contributed by atoms with Crippen LogP contribution in [0.15, 0.2) is 53.4 Å². The minimum Gasteiger partial charge on any atom is -0.264 e. The molecule has 3 rings (SSSR count). The normalized spacial score (nSPS) is 11.5. The van der Waals surface area contributed by atoms with E-state index < -0.39 is 25.6 Å². The average molecular weight is 320 g/mol. The maximum Gasteiger partial charge on any atom is 0.365 e. The molecule has 10 heteroatoms. The van der Waals surface area contributed by atoms with E-state index >= 15 is 0 Å². The molecule has 0 aliphatic rings. The minimum absolute atomic E-state index is 0.324. The lowest BCUT2D eigenvalue weighted by atomic mass is 10.3. The highest BCUT2D eigenvalue weighted by atomic mass is 32.2. The zero-order chi connectivity index (χ0) is 15.7. The predicted octanol–water partition coefficient (Wildman–Crippen LogP) is 1.16. The molecule has 112 valence electrons. The lowest BCUT2D eigenvalue weighted by molar-refractivity contribution is -0.387. The second kappa shape index (κ2) is 5.07. The number of nitro benzene ring substituents is 1. The fourth-order valence-electron chi connectivity index (χ4n) is 1.86. The van der Waals surface area contributed by atoms with E-state index in [1.165, 1.54) is 12.1 Å². The average Bonchev–Trinajstić information content (AvgIpc) is 2.90. The summed E-state index contributed by atoms with van der Waals surface area (Å²) in [6, 6.07) is 11.4. The van der Waals surface area contributed by atoms with Crippen LogP contribution in [0.5, 0.6) is 0 Å². The molecule has 0 aliphatic heterocycles. The first-order valence-electron chi connectivity index (χ1n) is 5.98. The van der Waals surface area contributed by atoms with Gasteiger partial charge in [-0.2, -0.15) is 8.42 Å². The fraction of sp³-hybridized carbons (Fsp3) is 0. The maximum atomic E-state index is 12.3. The van der Waals surface area contributed by atoms with Crippen LogP contribution in [0, 0.1) is 10.1 Å². The Labute approximate surface area is 124 Å². The Morgan fingerprint density at radius 3 is 2.55 bits per heavy atom. The van der Waals surface area contributed by atoms with Crippen LogP contribution in [0.1, 0.15) is 0 Å². The number of aromatic nitrogens is 3. The van der Waals surface area contributed by atoms with Gasteiger partial charge in [0.2, 0.25) is 0 Å². The van der Waals surface area contributed by atoms with Crippen molar-refractivity contribution in [2.24, 2.45) is 0 Å². The van der Waals surface area contributed by atoms with Gasteiger partial charge in [0.05, 0.1) is 4.92 Å². The third-order valence-corrected chi connectivity index (χ3v) is 4.04. The van der Waals surface area contributed by atoms with Crippen molar-refractivity contribution in [1.82, 2.24) is 15.2 Å². The van der Waals surface area contributed by atoms with Gasteiger partial charge in [0.1, 0.15) is 11.0 Å². The van der Waals surface area contributed by atoms with Crippen LogP contribution >= 0.6 is 0 Å². The summed E-state index contributed by atoms with van der Waals surface area (Å²) in [6.45, 7) is 0. The number of rotatable bonds is 4. The number of para-hydroxylation sites is 2. The Kier molecular flexibility index (Phi) is 3.22. The largest absolute Gasteiger partial charge is 0.365 e. The lowest BCUT2D eigenvalue weighted by Gasteiger charge is -2.06. The Morgan fingerprint density at radius 1 is 1.09 bits per heavy atom. The van der Waals surface area contributed by atoms with Crippen LogP contribution in [-0.2, 0) is 10.1 Å². The van der Waals surface area contributed by atoms with Crippen molar-refractivity contribution in [2.45, 2.75) is 4.90 Å². The molecule has 9 nitrogen and oxygen atoms in total. The van der Waals surface area contributed by atoms with Crippen LogP contribution in [0.4, 0.5) is 5.69 Å². The van der Waals surface area contributed by atoms with Crippen molar-refractivity contribution < 1.29 is 17.6 Å². The molecule has 0 bridgehead atoms. The van der Waals surface area contributed by atoms with Crippen molar-refractivity contribution >= 4 is 26.8 Å². The first kappa shape index (κ1) is 13.9. The summed E-state index contributed by atoms with van der Waals surface area (Å²) in [5.74, 6) is 0. The first-order chi connectivity index (χ1) is 10.5. The molecule has 0 radical (unpaired) electrons. The van der Waals surface area contributed by atoms with E-state index in [2.05, 4.69) is 10.3 Å². The van der Waals surface area contributed by atoms with Crippen LogP contribution in [0.2, 0.25) is 0 Å². The zero-order valence-corrected chi connectivity index (χ0v) is 11.7. The second-order valence-electron chi connectivity index (χ2n) is 4.20. The minimum atomic E-state index is -4.43. The molecule has 1 heterocycles. The van der Waals surface area contributed by atoms with Crippen molar-refractivity contribution in [3.63, 3.8) is 0 Å². The second-order valence-corrected chi connectivity index (χ2v) is 5.70. The van der Waals surface area contributed by atoms with Gasteiger partial charge in [-0.15, -0.1) is 5.10 Å². The molecule has 2 aromatic carbocycles. The van der Waals surface area contributed by atoms with E-state index in [4.69, 9.17) is 4.28 Å². The number of hydrogen-bond acceptors (Lipinski definition) is 7. The molecular weight excluding hydrogens is 312 g/mol. The molecule has 1 aromatic heterocycles. The van der Waals surface area contributed by atoms with Gasteiger partial charge >= 0.3 is 10.1 Å². The molecule has 22 heavy (non-hydrogen) atoms. The van der Waals surface area contributed by atoms with Crippen LogP contribution in [0.25, 0.3) is 11.0 Å². The molecule has 0 saturated carbocycles. The predicted molar refractivity (Wildman–Crippen MR) is 74.4 cm³/mol. The van der Waals surface area contributed by atoms with E-state index in [0.29, 0.717) is 15.9 Å². The van der Waals surface area contributed by atoms with Gasteiger partial charge in [-0.05, 0) is 23.4 Å². The van der Waals surface area contributed by atoms with Gasteiger partial charge in [0, 0.05) is 6.07 Å². The van der Waals surface area contributed by atoms with Gasteiger partial charge in [-0.25, -0.2) is 0 Å². The standard InChI is InChI=1S/C12H8N4O5S/c17-16(18)11-7-3-4-8-12(11)22(19,20)21-15-10-6-2-1-5-9(10)13-14-15/h1-8H. The van der Waals surface area contributed by atoms with Gasteiger partial charge in [-0.3, -0.25) is 14.4 Å². The van der Waals surface area contributed by atoms with E-state index in [-0.39, 0.29) is 0 Å². The molecule has 0 N–H and O–H groups in total. The highest BCUT2D eigenvalue weighted by Crippen LogP contribution is 2.23. The molecule has 0 amide bonds. The SMILES string of the molecule is O=[N+]([O-])c1ccccc1S(=O)(=O)On1nnc2ccccc21. The highest BCUT2D eigenvalue weighted by Gasteiger charge is 2.28. The third kappa shape index (κ3) is 2.35. The van der Waals surface area contributed by atoms with Crippen LogP contribution in [0.3, 0.4) is 0 Å². The smallest absolute Gasteiger partial charge is 0.264 e. The van der Waals surface area contributed by atoms with Crippen LogP contribution < -0.4 is 4.28 Å². The van der Waals surface area contributed by atoms with Gasteiger partial charge in [0.15, 0.2) is 4.90 Å².